The molecule has 5 heteroatoms. The van der Waals surface area contributed by atoms with Gasteiger partial charge in [-0.25, -0.2) is 0 Å². The number of piperidine rings is 1. The first-order valence-electron chi connectivity index (χ1n) is 12.9. The minimum atomic E-state index is -0.227. The van der Waals surface area contributed by atoms with Crippen LogP contribution in [0.1, 0.15) is 41.5 Å². The van der Waals surface area contributed by atoms with E-state index in [1.165, 1.54) is 16.5 Å². The Hall–Kier alpha value is -3.57. The average Bonchev–Trinajstić information content (AvgIpc) is 3.51. The number of carbonyl (C=O) groups is 1. The molecule has 2 unspecified atom stereocenters. The molecular formula is C31H34N4O. The van der Waals surface area contributed by atoms with Crippen molar-refractivity contribution in [1.29, 1.82) is 0 Å². The number of rotatable bonds is 4. The molecule has 1 amide bonds. The number of likely N-dealkylation sites (tertiary alicyclic amines) is 1. The number of nitrogens with one attached hydrogen (secondary N) is 1. The molecule has 2 aliphatic rings. The van der Waals surface area contributed by atoms with E-state index in [-0.39, 0.29) is 23.4 Å². The fourth-order valence-electron chi connectivity index (χ4n) is 6.68. The molecule has 0 saturated carbocycles. The van der Waals surface area contributed by atoms with E-state index in [1.807, 2.05) is 6.20 Å². The van der Waals surface area contributed by atoms with Crippen LogP contribution >= 0.6 is 0 Å². The summed E-state index contributed by atoms with van der Waals surface area (Å²) in [5.41, 5.74) is 5.89. The molecular weight excluding hydrogens is 444 g/mol. The van der Waals surface area contributed by atoms with Gasteiger partial charge in [-0.05, 0) is 61.8 Å². The standard InChI is InChI=1S/C31H34N4O/c1-33(2)31(22-10-5-4-6-11-22)17-20-35(21-18-31)30(36)28-25-12-7-8-15-27(25)34(3)29(28)24-13-9-14-26-23(24)16-19-32-26/h4-16,19,28-29,32H,17-18,20-21H2,1-3H3. The summed E-state index contributed by atoms with van der Waals surface area (Å²) in [6.07, 6.45) is 3.85. The lowest BCUT2D eigenvalue weighted by Crippen LogP contribution is -2.52. The predicted octanol–water partition coefficient (Wildman–Crippen LogP) is 5.52. The number of nitrogens with zero attached hydrogens (tertiary/aromatic N) is 3. The molecule has 1 saturated heterocycles. The van der Waals surface area contributed by atoms with Crippen molar-refractivity contribution in [1.82, 2.24) is 14.8 Å². The third-order valence-electron chi connectivity index (χ3n) is 8.67. The van der Waals surface area contributed by atoms with Crippen molar-refractivity contribution >= 4 is 22.5 Å². The van der Waals surface area contributed by atoms with Crippen LogP contribution in [0.25, 0.3) is 10.9 Å². The van der Waals surface area contributed by atoms with Gasteiger partial charge in [-0.1, -0.05) is 60.7 Å². The van der Waals surface area contributed by atoms with Crippen LogP contribution in [0.4, 0.5) is 5.69 Å². The van der Waals surface area contributed by atoms with Gasteiger partial charge in [0.1, 0.15) is 0 Å². The van der Waals surface area contributed by atoms with Gasteiger partial charge in [-0.15, -0.1) is 0 Å². The highest BCUT2D eigenvalue weighted by Gasteiger charge is 2.46. The van der Waals surface area contributed by atoms with E-state index < -0.39 is 0 Å². The van der Waals surface area contributed by atoms with Crippen molar-refractivity contribution in [3.63, 3.8) is 0 Å². The second kappa shape index (κ2) is 8.82. The summed E-state index contributed by atoms with van der Waals surface area (Å²) in [5.74, 6) is 0.0139. The summed E-state index contributed by atoms with van der Waals surface area (Å²) in [4.78, 5) is 24.5. The van der Waals surface area contributed by atoms with Crippen molar-refractivity contribution in [2.45, 2.75) is 30.3 Å². The van der Waals surface area contributed by atoms with Crippen molar-refractivity contribution in [3.05, 3.63) is 102 Å². The topological polar surface area (TPSA) is 42.6 Å². The Morgan fingerprint density at radius 1 is 0.889 bits per heavy atom. The smallest absolute Gasteiger partial charge is 0.232 e. The Morgan fingerprint density at radius 3 is 2.33 bits per heavy atom. The minimum absolute atomic E-state index is 0.0379. The van der Waals surface area contributed by atoms with E-state index in [9.17, 15) is 4.79 Å². The Morgan fingerprint density at radius 2 is 1.58 bits per heavy atom. The fraction of sp³-hybridized carbons (Fsp3) is 0.323. The third kappa shape index (κ3) is 3.45. The van der Waals surface area contributed by atoms with E-state index in [0.29, 0.717) is 0 Å². The summed E-state index contributed by atoms with van der Waals surface area (Å²) in [5, 5.41) is 1.19. The Kier molecular flexibility index (Phi) is 5.60. The lowest BCUT2D eigenvalue weighted by atomic mass is 9.79. The van der Waals surface area contributed by atoms with Gasteiger partial charge in [0.15, 0.2) is 0 Å². The molecule has 1 fully saturated rings. The number of likely N-dealkylation sites (N-methyl/N-ethyl adjacent to an activating group) is 1. The molecule has 3 heterocycles. The second-order valence-corrected chi connectivity index (χ2v) is 10.5. The van der Waals surface area contributed by atoms with Gasteiger partial charge in [0.05, 0.1) is 12.0 Å². The Bertz CT molecular complexity index is 1380. The number of H-pyrrole nitrogens is 1. The number of hydrogen-bond donors (Lipinski definition) is 1. The molecule has 0 aliphatic carbocycles. The molecule has 0 spiro atoms. The first kappa shape index (κ1) is 22.9. The van der Waals surface area contributed by atoms with Gasteiger partial charge in [0.2, 0.25) is 5.91 Å². The SMILES string of the molecule is CN1c2ccccc2C(C(=O)N2CCC(c3ccccc3)(N(C)C)CC2)C1c1cccc2[nH]ccc12. The van der Waals surface area contributed by atoms with Crippen LogP contribution in [0.3, 0.4) is 0 Å². The molecule has 36 heavy (non-hydrogen) atoms. The average molecular weight is 479 g/mol. The maximum atomic E-state index is 14.4. The minimum Gasteiger partial charge on any atom is -0.366 e. The number of amides is 1. The van der Waals surface area contributed by atoms with Gasteiger partial charge in [-0.2, -0.15) is 0 Å². The van der Waals surface area contributed by atoms with Crippen molar-refractivity contribution in [2.75, 3.05) is 39.1 Å². The highest BCUT2D eigenvalue weighted by atomic mass is 16.2. The van der Waals surface area contributed by atoms with Crippen molar-refractivity contribution < 1.29 is 4.79 Å². The number of hydrogen-bond acceptors (Lipinski definition) is 3. The normalized spacial score (nSPS) is 21.2. The summed E-state index contributed by atoms with van der Waals surface area (Å²) in [6.45, 7) is 1.52. The summed E-state index contributed by atoms with van der Waals surface area (Å²) in [7, 11) is 6.46. The number of anilines is 1. The molecule has 6 rings (SSSR count). The maximum absolute atomic E-state index is 14.4. The number of aromatic nitrogens is 1. The van der Waals surface area contributed by atoms with Crippen LogP contribution in [0, 0.1) is 0 Å². The van der Waals surface area contributed by atoms with Crippen LogP contribution in [-0.2, 0) is 10.3 Å². The first-order chi connectivity index (χ1) is 17.5. The summed E-state index contributed by atoms with van der Waals surface area (Å²) < 4.78 is 0. The number of fused-ring (bicyclic) bond motifs is 2. The number of carbonyl (C=O) groups excluding carboxylic acids is 1. The molecule has 0 radical (unpaired) electrons. The third-order valence-corrected chi connectivity index (χ3v) is 8.67. The van der Waals surface area contributed by atoms with Crippen molar-refractivity contribution in [2.24, 2.45) is 0 Å². The van der Waals surface area contributed by atoms with E-state index in [2.05, 4.69) is 120 Å². The van der Waals surface area contributed by atoms with Gasteiger partial charge in [-0.3, -0.25) is 9.69 Å². The summed E-state index contributed by atoms with van der Waals surface area (Å²) in [6, 6.07) is 27.7. The zero-order chi connectivity index (χ0) is 24.9. The van der Waals surface area contributed by atoms with Gasteiger partial charge in [0.25, 0.3) is 0 Å². The fourth-order valence-corrected chi connectivity index (χ4v) is 6.68. The lowest BCUT2D eigenvalue weighted by Gasteiger charge is -2.47. The molecule has 5 nitrogen and oxygen atoms in total. The highest BCUT2D eigenvalue weighted by molar-refractivity contribution is 5.92. The number of aromatic amines is 1. The van der Waals surface area contributed by atoms with Crippen molar-refractivity contribution in [3.8, 4) is 0 Å². The van der Waals surface area contributed by atoms with E-state index in [1.54, 1.807) is 0 Å². The number of para-hydroxylation sites is 1. The quantitative estimate of drug-likeness (QED) is 0.420. The molecule has 0 bridgehead atoms. The predicted molar refractivity (Wildman–Crippen MR) is 146 cm³/mol. The van der Waals surface area contributed by atoms with Crippen LogP contribution in [0.2, 0.25) is 0 Å². The monoisotopic (exact) mass is 478 g/mol. The molecule has 3 aromatic carbocycles. The maximum Gasteiger partial charge on any atom is 0.232 e. The second-order valence-electron chi connectivity index (χ2n) is 10.5. The van der Waals surface area contributed by atoms with Crippen LogP contribution in [0.5, 0.6) is 0 Å². The van der Waals surface area contributed by atoms with Crippen LogP contribution in [-0.4, -0.2) is 54.9 Å². The zero-order valence-corrected chi connectivity index (χ0v) is 21.3. The molecule has 2 aliphatic heterocycles. The molecule has 184 valence electrons. The summed E-state index contributed by atoms with van der Waals surface area (Å²) >= 11 is 0. The molecule has 4 aromatic rings. The Balaban J connectivity index is 1.35. The first-order valence-corrected chi connectivity index (χ1v) is 12.9. The number of benzene rings is 3. The zero-order valence-electron chi connectivity index (χ0n) is 21.3. The van der Waals surface area contributed by atoms with Crippen LogP contribution < -0.4 is 4.90 Å². The van der Waals surface area contributed by atoms with Gasteiger partial charge >= 0.3 is 0 Å². The largest absolute Gasteiger partial charge is 0.366 e. The molecule has 1 aromatic heterocycles. The molecule has 1 N–H and O–H groups in total. The Labute approximate surface area is 213 Å². The highest BCUT2D eigenvalue weighted by Crippen LogP contribution is 2.50. The van der Waals surface area contributed by atoms with Gasteiger partial charge < -0.3 is 14.8 Å². The van der Waals surface area contributed by atoms with E-state index >= 15 is 0 Å². The van der Waals surface area contributed by atoms with E-state index in [0.717, 1.165) is 42.7 Å². The van der Waals surface area contributed by atoms with Gasteiger partial charge in [0, 0.05) is 48.5 Å². The van der Waals surface area contributed by atoms with Crippen LogP contribution in [0.15, 0.2) is 85.1 Å². The molecule has 2 atom stereocenters. The lowest BCUT2D eigenvalue weighted by molar-refractivity contribution is -0.136. The van der Waals surface area contributed by atoms with E-state index in [4.69, 9.17) is 0 Å².